The fourth-order valence-corrected chi connectivity index (χ4v) is 2.34. The Bertz CT molecular complexity index is 902. The molecule has 6 nitrogen and oxygen atoms in total. The van der Waals surface area contributed by atoms with E-state index in [1.54, 1.807) is 36.5 Å². The van der Waals surface area contributed by atoms with Crippen molar-refractivity contribution < 1.29 is 9.53 Å². The lowest BCUT2D eigenvalue weighted by molar-refractivity contribution is 0.0601. The second-order valence-electron chi connectivity index (χ2n) is 5.07. The normalized spacial score (nSPS) is 10.2. The zero-order chi connectivity index (χ0) is 17.6. The number of hydrogen-bond donors (Lipinski definition) is 2. The van der Waals surface area contributed by atoms with Crippen LogP contribution in [0.3, 0.4) is 0 Å². The third-order valence-corrected chi connectivity index (χ3v) is 3.66. The standard InChI is InChI=1S/C18H15ClN4O2/c1-25-17(24)12-5-4-6-13(11-12)21-16-9-10-20-18(23-16)22-15-8-3-2-7-14(15)19/h2-11H,1H3,(H2,20,21,22,23). The van der Waals surface area contributed by atoms with Gasteiger partial charge in [-0.25, -0.2) is 9.78 Å². The Balaban J connectivity index is 1.78. The van der Waals surface area contributed by atoms with E-state index in [9.17, 15) is 4.79 Å². The summed E-state index contributed by atoms with van der Waals surface area (Å²) in [4.78, 5) is 20.2. The summed E-state index contributed by atoms with van der Waals surface area (Å²) >= 11 is 6.13. The number of halogens is 1. The summed E-state index contributed by atoms with van der Waals surface area (Å²) in [6.07, 6.45) is 1.62. The maximum atomic E-state index is 11.6. The van der Waals surface area contributed by atoms with Gasteiger partial charge in [-0.3, -0.25) is 0 Å². The van der Waals surface area contributed by atoms with Crippen molar-refractivity contribution in [1.29, 1.82) is 0 Å². The molecule has 0 amide bonds. The molecule has 7 heteroatoms. The van der Waals surface area contributed by atoms with Crippen LogP contribution >= 0.6 is 11.6 Å². The quantitative estimate of drug-likeness (QED) is 0.661. The van der Waals surface area contributed by atoms with Crippen molar-refractivity contribution in [2.75, 3.05) is 17.7 Å². The number of anilines is 4. The Hall–Kier alpha value is -3.12. The van der Waals surface area contributed by atoms with Gasteiger partial charge in [0.1, 0.15) is 5.82 Å². The third-order valence-electron chi connectivity index (χ3n) is 3.33. The van der Waals surface area contributed by atoms with Crippen LogP contribution < -0.4 is 10.6 Å². The fraction of sp³-hybridized carbons (Fsp3) is 0.0556. The molecule has 0 aliphatic heterocycles. The maximum Gasteiger partial charge on any atom is 0.337 e. The monoisotopic (exact) mass is 354 g/mol. The molecule has 3 aromatic rings. The van der Waals surface area contributed by atoms with Crippen LogP contribution in [0.1, 0.15) is 10.4 Å². The van der Waals surface area contributed by atoms with Gasteiger partial charge in [0.15, 0.2) is 0 Å². The SMILES string of the molecule is COC(=O)c1cccc(Nc2ccnc(Nc3ccccc3Cl)n2)c1. The first kappa shape index (κ1) is 16.7. The molecular weight excluding hydrogens is 340 g/mol. The Morgan fingerprint density at radius 2 is 1.92 bits per heavy atom. The van der Waals surface area contributed by atoms with Crippen molar-refractivity contribution in [2.24, 2.45) is 0 Å². The van der Waals surface area contributed by atoms with E-state index in [4.69, 9.17) is 16.3 Å². The van der Waals surface area contributed by atoms with Gasteiger partial charge >= 0.3 is 5.97 Å². The van der Waals surface area contributed by atoms with Crippen LogP contribution in [0.15, 0.2) is 60.8 Å². The number of ether oxygens (including phenoxy) is 1. The number of nitrogens with zero attached hydrogens (tertiary/aromatic N) is 2. The van der Waals surface area contributed by atoms with Gasteiger partial charge in [-0.15, -0.1) is 0 Å². The smallest absolute Gasteiger partial charge is 0.337 e. The number of esters is 1. The zero-order valence-corrected chi connectivity index (χ0v) is 14.1. The van der Waals surface area contributed by atoms with E-state index < -0.39 is 5.97 Å². The largest absolute Gasteiger partial charge is 0.465 e. The average molecular weight is 355 g/mol. The van der Waals surface area contributed by atoms with Gasteiger partial charge in [-0.05, 0) is 36.4 Å². The Morgan fingerprint density at radius 1 is 1.08 bits per heavy atom. The van der Waals surface area contributed by atoms with Gasteiger partial charge in [0.05, 0.1) is 23.4 Å². The summed E-state index contributed by atoms with van der Waals surface area (Å²) in [5.41, 5.74) is 1.88. The minimum Gasteiger partial charge on any atom is -0.465 e. The van der Waals surface area contributed by atoms with Gasteiger partial charge < -0.3 is 15.4 Å². The van der Waals surface area contributed by atoms with Crippen molar-refractivity contribution in [3.8, 4) is 0 Å². The van der Waals surface area contributed by atoms with Crippen LogP contribution in [0.4, 0.5) is 23.1 Å². The molecule has 0 aliphatic rings. The number of carbonyl (C=O) groups is 1. The molecule has 1 heterocycles. The molecule has 0 atom stereocenters. The summed E-state index contributed by atoms with van der Waals surface area (Å²) in [7, 11) is 1.35. The van der Waals surface area contributed by atoms with Crippen LogP contribution in [0.5, 0.6) is 0 Å². The number of methoxy groups -OCH3 is 1. The van der Waals surface area contributed by atoms with Gasteiger partial charge in [0, 0.05) is 11.9 Å². The number of aromatic nitrogens is 2. The minimum atomic E-state index is -0.396. The molecule has 0 fully saturated rings. The van der Waals surface area contributed by atoms with Crippen molar-refractivity contribution in [3.63, 3.8) is 0 Å². The highest BCUT2D eigenvalue weighted by molar-refractivity contribution is 6.33. The van der Waals surface area contributed by atoms with Crippen LogP contribution in [0.25, 0.3) is 0 Å². The number of hydrogen-bond acceptors (Lipinski definition) is 6. The van der Waals surface area contributed by atoms with Crippen molar-refractivity contribution >= 4 is 40.7 Å². The van der Waals surface area contributed by atoms with Gasteiger partial charge in [0.25, 0.3) is 0 Å². The first-order valence-corrected chi connectivity index (χ1v) is 7.83. The van der Waals surface area contributed by atoms with Crippen LogP contribution in [-0.2, 0) is 4.74 Å². The second-order valence-corrected chi connectivity index (χ2v) is 5.47. The molecular formula is C18H15ClN4O2. The zero-order valence-electron chi connectivity index (χ0n) is 13.4. The van der Waals surface area contributed by atoms with E-state index in [1.807, 2.05) is 24.3 Å². The molecule has 2 aromatic carbocycles. The predicted molar refractivity (Wildman–Crippen MR) is 97.8 cm³/mol. The molecule has 2 N–H and O–H groups in total. The highest BCUT2D eigenvalue weighted by atomic mass is 35.5. The summed E-state index contributed by atoms with van der Waals surface area (Å²) in [5.74, 6) is 0.584. The number of nitrogens with one attached hydrogen (secondary N) is 2. The molecule has 0 spiro atoms. The fourth-order valence-electron chi connectivity index (χ4n) is 2.16. The van der Waals surface area contributed by atoms with Gasteiger partial charge in [-0.1, -0.05) is 29.8 Å². The highest BCUT2D eigenvalue weighted by Crippen LogP contribution is 2.24. The number of carbonyl (C=O) groups excluding carboxylic acids is 1. The van der Waals surface area contributed by atoms with Crippen molar-refractivity contribution in [3.05, 3.63) is 71.4 Å². The maximum absolute atomic E-state index is 11.6. The first-order chi connectivity index (χ1) is 12.2. The first-order valence-electron chi connectivity index (χ1n) is 7.46. The lowest BCUT2D eigenvalue weighted by Gasteiger charge is -2.10. The number of rotatable bonds is 5. The molecule has 3 rings (SSSR count). The molecule has 0 aliphatic carbocycles. The lowest BCUT2D eigenvalue weighted by atomic mass is 10.2. The van der Waals surface area contributed by atoms with Crippen molar-refractivity contribution in [2.45, 2.75) is 0 Å². The Kier molecular flexibility index (Phi) is 5.11. The molecule has 0 radical (unpaired) electrons. The summed E-state index contributed by atoms with van der Waals surface area (Å²) in [5, 5.41) is 6.78. The highest BCUT2D eigenvalue weighted by Gasteiger charge is 2.07. The molecule has 25 heavy (non-hydrogen) atoms. The van der Waals surface area contributed by atoms with Crippen LogP contribution in [0, 0.1) is 0 Å². The Morgan fingerprint density at radius 3 is 2.72 bits per heavy atom. The third kappa shape index (κ3) is 4.24. The molecule has 0 unspecified atom stereocenters. The van der Waals surface area contributed by atoms with E-state index in [1.165, 1.54) is 7.11 Å². The van der Waals surface area contributed by atoms with E-state index in [2.05, 4.69) is 20.6 Å². The number of para-hydroxylation sites is 1. The van der Waals surface area contributed by atoms with Crippen molar-refractivity contribution in [1.82, 2.24) is 9.97 Å². The summed E-state index contributed by atoms with van der Waals surface area (Å²) in [6.45, 7) is 0. The van der Waals surface area contributed by atoms with Gasteiger partial charge in [-0.2, -0.15) is 4.98 Å². The molecule has 0 saturated carbocycles. The topological polar surface area (TPSA) is 76.1 Å². The van der Waals surface area contributed by atoms with E-state index in [-0.39, 0.29) is 0 Å². The average Bonchev–Trinajstić information content (AvgIpc) is 2.63. The predicted octanol–water partition coefficient (Wildman–Crippen LogP) is 4.40. The van der Waals surface area contributed by atoms with E-state index in [0.29, 0.717) is 33.7 Å². The Labute approximate surface area is 149 Å². The van der Waals surface area contributed by atoms with Crippen LogP contribution in [0.2, 0.25) is 5.02 Å². The van der Waals surface area contributed by atoms with E-state index in [0.717, 1.165) is 0 Å². The lowest BCUT2D eigenvalue weighted by Crippen LogP contribution is -2.03. The number of benzene rings is 2. The van der Waals surface area contributed by atoms with E-state index >= 15 is 0 Å². The molecule has 1 aromatic heterocycles. The molecule has 0 saturated heterocycles. The molecule has 126 valence electrons. The minimum absolute atomic E-state index is 0.396. The van der Waals surface area contributed by atoms with Crippen LogP contribution in [-0.4, -0.2) is 23.0 Å². The molecule has 0 bridgehead atoms. The van der Waals surface area contributed by atoms with Gasteiger partial charge in [0.2, 0.25) is 5.95 Å². The second kappa shape index (κ2) is 7.63. The summed E-state index contributed by atoms with van der Waals surface area (Å²) < 4.78 is 4.72. The summed E-state index contributed by atoms with van der Waals surface area (Å²) in [6, 6.07) is 16.0.